The van der Waals surface area contributed by atoms with Crippen molar-refractivity contribution < 1.29 is 14.3 Å². The Bertz CT molecular complexity index is 290. The van der Waals surface area contributed by atoms with Crippen molar-refractivity contribution in [1.29, 1.82) is 0 Å². The molecular formula is C14H26N2O3. The Hall–Kier alpha value is -1.10. The first-order valence-electron chi connectivity index (χ1n) is 7.33. The van der Waals surface area contributed by atoms with Crippen LogP contribution >= 0.6 is 0 Å². The van der Waals surface area contributed by atoms with Gasteiger partial charge in [-0.05, 0) is 46.1 Å². The van der Waals surface area contributed by atoms with Crippen molar-refractivity contribution in [3.63, 3.8) is 0 Å². The van der Waals surface area contributed by atoms with Crippen molar-refractivity contribution in [2.45, 2.75) is 64.5 Å². The molecule has 0 radical (unpaired) electrons. The summed E-state index contributed by atoms with van der Waals surface area (Å²) in [6.45, 7) is 4.96. The van der Waals surface area contributed by atoms with E-state index in [9.17, 15) is 9.59 Å². The van der Waals surface area contributed by atoms with Crippen molar-refractivity contribution in [3.05, 3.63) is 0 Å². The van der Waals surface area contributed by atoms with Crippen LogP contribution in [0.2, 0.25) is 0 Å². The van der Waals surface area contributed by atoms with Gasteiger partial charge in [0.25, 0.3) is 0 Å². The highest BCUT2D eigenvalue weighted by atomic mass is 16.5. The fourth-order valence-electron chi connectivity index (χ4n) is 1.77. The van der Waals surface area contributed by atoms with Crippen LogP contribution in [0.4, 0.5) is 0 Å². The molecule has 0 saturated heterocycles. The molecule has 0 aliphatic heterocycles. The van der Waals surface area contributed by atoms with Crippen molar-refractivity contribution in [3.8, 4) is 0 Å². The van der Waals surface area contributed by atoms with E-state index < -0.39 is 0 Å². The summed E-state index contributed by atoms with van der Waals surface area (Å²) in [5.41, 5.74) is 0. The van der Waals surface area contributed by atoms with Gasteiger partial charge in [0, 0.05) is 12.5 Å². The third-order valence-electron chi connectivity index (χ3n) is 3.13. The second kappa shape index (κ2) is 8.91. The summed E-state index contributed by atoms with van der Waals surface area (Å²) in [7, 11) is 0. The standard InChI is InChI=1S/C14H26N2O3/c1-3-19-13(17)7-5-4-6-10-15-11(2)14(18)16-12-8-9-12/h11-12,15H,3-10H2,1-2H3,(H,16,18). The van der Waals surface area contributed by atoms with Gasteiger partial charge in [0.2, 0.25) is 5.91 Å². The minimum absolute atomic E-state index is 0.0917. The molecule has 1 amide bonds. The summed E-state index contributed by atoms with van der Waals surface area (Å²) in [4.78, 5) is 22.7. The van der Waals surface area contributed by atoms with E-state index in [0.29, 0.717) is 19.1 Å². The molecule has 2 N–H and O–H groups in total. The molecule has 1 rings (SSSR count). The molecule has 1 fully saturated rings. The number of hydrogen-bond donors (Lipinski definition) is 2. The fourth-order valence-corrected chi connectivity index (χ4v) is 1.77. The second-order valence-electron chi connectivity index (χ2n) is 5.07. The molecule has 1 atom stereocenters. The quantitative estimate of drug-likeness (QED) is 0.465. The number of ether oxygens (including phenoxy) is 1. The largest absolute Gasteiger partial charge is 0.466 e. The number of carbonyl (C=O) groups is 2. The number of carbonyl (C=O) groups excluding carboxylic acids is 2. The molecule has 0 spiro atoms. The highest BCUT2D eigenvalue weighted by molar-refractivity contribution is 5.81. The maximum Gasteiger partial charge on any atom is 0.305 e. The number of hydrogen-bond acceptors (Lipinski definition) is 4. The maximum absolute atomic E-state index is 11.6. The van der Waals surface area contributed by atoms with E-state index in [0.717, 1.165) is 38.6 Å². The molecule has 19 heavy (non-hydrogen) atoms. The number of amides is 1. The first kappa shape index (κ1) is 16.0. The van der Waals surface area contributed by atoms with Gasteiger partial charge in [-0.2, -0.15) is 0 Å². The van der Waals surface area contributed by atoms with E-state index >= 15 is 0 Å². The first-order chi connectivity index (χ1) is 9.13. The van der Waals surface area contributed by atoms with Gasteiger partial charge in [0.15, 0.2) is 0 Å². The fraction of sp³-hybridized carbons (Fsp3) is 0.857. The van der Waals surface area contributed by atoms with Crippen LogP contribution in [0.5, 0.6) is 0 Å². The van der Waals surface area contributed by atoms with Gasteiger partial charge < -0.3 is 15.4 Å². The predicted molar refractivity (Wildman–Crippen MR) is 73.7 cm³/mol. The van der Waals surface area contributed by atoms with Crippen LogP contribution in [0.25, 0.3) is 0 Å². The van der Waals surface area contributed by atoms with E-state index in [2.05, 4.69) is 10.6 Å². The van der Waals surface area contributed by atoms with Gasteiger partial charge in [0.05, 0.1) is 12.6 Å². The van der Waals surface area contributed by atoms with E-state index in [1.54, 1.807) is 0 Å². The Morgan fingerprint density at radius 2 is 2.00 bits per heavy atom. The van der Waals surface area contributed by atoms with Crippen LogP contribution in [0, 0.1) is 0 Å². The molecule has 5 heteroatoms. The highest BCUT2D eigenvalue weighted by Gasteiger charge is 2.25. The number of esters is 1. The normalized spacial score (nSPS) is 15.9. The summed E-state index contributed by atoms with van der Waals surface area (Å²) in [6, 6.07) is 0.284. The molecule has 0 heterocycles. The van der Waals surface area contributed by atoms with E-state index in [-0.39, 0.29) is 17.9 Å². The molecule has 5 nitrogen and oxygen atoms in total. The minimum Gasteiger partial charge on any atom is -0.466 e. The Morgan fingerprint density at radius 1 is 1.26 bits per heavy atom. The summed E-state index contributed by atoms with van der Waals surface area (Å²) < 4.78 is 4.85. The van der Waals surface area contributed by atoms with Crippen molar-refractivity contribution in [2.24, 2.45) is 0 Å². The summed E-state index contributed by atoms with van der Waals surface area (Å²) in [5.74, 6) is -0.0262. The van der Waals surface area contributed by atoms with Crippen LogP contribution in [-0.2, 0) is 14.3 Å². The third kappa shape index (κ3) is 7.82. The Labute approximate surface area is 115 Å². The molecule has 0 aromatic carbocycles. The molecular weight excluding hydrogens is 244 g/mol. The second-order valence-corrected chi connectivity index (χ2v) is 5.07. The van der Waals surface area contributed by atoms with Gasteiger partial charge in [-0.3, -0.25) is 9.59 Å². The number of rotatable bonds is 10. The smallest absolute Gasteiger partial charge is 0.305 e. The lowest BCUT2D eigenvalue weighted by Gasteiger charge is -2.13. The molecule has 1 unspecified atom stereocenters. The molecule has 1 aliphatic carbocycles. The van der Waals surface area contributed by atoms with Crippen LogP contribution in [0.1, 0.15) is 52.4 Å². The van der Waals surface area contributed by atoms with E-state index in [4.69, 9.17) is 4.74 Å². The summed E-state index contributed by atoms with van der Waals surface area (Å²) in [5, 5.41) is 6.17. The molecule has 1 aliphatic rings. The van der Waals surface area contributed by atoms with Gasteiger partial charge in [-0.1, -0.05) is 6.42 Å². The highest BCUT2D eigenvalue weighted by Crippen LogP contribution is 2.18. The van der Waals surface area contributed by atoms with E-state index in [1.165, 1.54) is 0 Å². The first-order valence-corrected chi connectivity index (χ1v) is 7.33. The van der Waals surface area contributed by atoms with Crippen molar-refractivity contribution in [2.75, 3.05) is 13.2 Å². The van der Waals surface area contributed by atoms with Gasteiger partial charge in [-0.15, -0.1) is 0 Å². The SMILES string of the molecule is CCOC(=O)CCCCCNC(C)C(=O)NC1CC1. The third-order valence-corrected chi connectivity index (χ3v) is 3.13. The lowest BCUT2D eigenvalue weighted by atomic mass is 10.2. The predicted octanol–water partition coefficient (Wildman–Crippen LogP) is 1.37. The average molecular weight is 270 g/mol. The summed E-state index contributed by atoms with van der Waals surface area (Å²) >= 11 is 0. The van der Waals surface area contributed by atoms with Gasteiger partial charge in [0.1, 0.15) is 0 Å². The number of unbranched alkanes of at least 4 members (excludes halogenated alkanes) is 2. The van der Waals surface area contributed by atoms with Crippen molar-refractivity contribution >= 4 is 11.9 Å². The van der Waals surface area contributed by atoms with Gasteiger partial charge in [-0.25, -0.2) is 0 Å². The monoisotopic (exact) mass is 270 g/mol. The Balaban J connectivity index is 1.91. The van der Waals surface area contributed by atoms with Crippen LogP contribution < -0.4 is 10.6 Å². The molecule has 0 aromatic rings. The Morgan fingerprint density at radius 3 is 2.63 bits per heavy atom. The zero-order valence-corrected chi connectivity index (χ0v) is 12.0. The van der Waals surface area contributed by atoms with Gasteiger partial charge >= 0.3 is 5.97 Å². The molecule has 0 aromatic heterocycles. The minimum atomic E-state index is -0.134. The lowest BCUT2D eigenvalue weighted by molar-refractivity contribution is -0.143. The average Bonchev–Trinajstić information content (AvgIpc) is 3.17. The molecule has 110 valence electrons. The van der Waals surface area contributed by atoms with Crippen LogP contribution in [0.3, 0.4) is 0 Å². The molecule has 0 bridgehead atoms. The topological polar surface area (TPSA) is 67.4 Å². The lowest BCUT2D eigenvalue weighted by Crippen LogP contribution is -2.43. The van der Waals surface area contributed by atoms with Crippen LogP contribution in [0.15, 0.2) is 0 Å². The van der Waals surface area contributed by atoms with Crippen LogP contribution in [-0.4, -0.2) is 37.1 Å². The summed E-state index contributed by atoms with van der Waals surface area (Å²) in [6.07, 6.45) is 5.52. The maximum atomic E-state index is 11.6. The van der Waals surface area contributed by atoms with E-state index in [1.807, 2.05) is 13.8 Å². The molecule has 1 saturated carbocycles. The van der Waals surface area contributed by atoms with Crippen molar-refractivity contribution in [1.82, 2.24) is 10.6 Å². The zero-order valence-electron chi connectivity index (χ0n) is 12.0. The number of nitrogens with one attached hydrogen (secondary N) is 2. The zero-order chi connectivity index (χ0) is 14.1. The Kier molecular flexibility index (Phi) is 7.48.